The van der Waals surface area contributed by atoms with Crippen LogP contribution in [0.5, 0.6) is 0 Å². The monoisotopic (exact) mass is 299 g/mol. The highest BCUT2D eigenvalue weighted by Crippen LogP contribution is 2.27. The van der Waals surface area contributed by atoms with Crippen molar-refractivity contribution in [3.63, 3.8) is 0 Å². The summed E-state index contributed by atoms with van der Waals surface area (Å²) in [5.74, 6) is 0.777. The van der Waals surface area contributed by atoms with Crippen LogP contribution in [0.4, 0.5) is 5.82 Å². The Kier molecular flexibility index (Phi) is 4.86. The van der Waals surface area contributed by atoms with E-state index in [2.05, 4.69) is 39.7 Å². The molecule has 0 amide bonds. The smallest absolute Gasteiger partial charge is 0.190 e. The van der Waals surface area contributed by atoms with Crippen LogP contribution in [0.25, 0.3) is 0 Å². The molecule has 0 fully saturated rings. The zero-order chi connectivity index (χ0) is 13.0. The van der Waals surface area contributed by atoms with Crippen LogP contribution in [-0.4, -0.2) is 16.2 Å². The molecule has 0 spiro atoms. The van der Waals surface area contributed by atoms with Crippen LogP contribution >= 0.6 is 34.7 Å². The van der Waals surface area contributed by atoms with E-state index < -0.39 is 0 Å². The highest BCUT2D eigenvalue weighted by molar-refractivity contribution is 7.98. The van der Waals surface area contributed by atoms with Gasteiger partial charge in [-0.3, -0.25) is 0 Å². The van der Waals surface area contributed by atoms with Gasteiger partial charge in [-0.25, -0.2) is 9.97 Å². The molecule has 0 aliphatic carbocycles. The Labute approximate surface area is 120 Å². The van der Waals surface area contributed by atoms with Crippen LogP contribution in [0.2, 0.25) is 5.15 Å². The lowest BCUT2D eigenvalue weighted by molar-refractivity contribution is 0.753. The molecule has 1 atom stereocenters. The van der Waals surface area contributed by atoms with Crippen molar-refractivity contribution in [2.45, 2.75) is 24.5 Å². The summed E-state index contributed by atoms with van der Waals surface area (Å²) in [6.45, 7) is 2.15. The first kappa shape index (κ1) is 13.6. The lowest BCUT2D eigenvalue weighted by Crippen LogP contribution is -2.10. The molecule has 0 aliphatic rings. The summed E-state index contributed by atoms with van der Waals surface area (Å²) in [7, 11) is 0. The number of anilines is 1. The van der Waals surface area contributed by atoms with Gasteiger partial charge in [-0.05, 0) is 24.1 Å². The zero-order valence-corrected chi connectivity index (χ0v) is 12.6. The van der Waals surface area contributed by atoms with Gasteiger partial charge in [-0.15, -0.1) is 11.3 Å². The van der Waals surface area contributed by atoms with E-state index in [0.717, 1.165) is 12.2 Å². The quantitative estimate of drug-likeness (QED) is 0.502. The molecule has 1 unspecified atom stereocenters. The fraction of sp³-hybridized carbons (Fsp3) is 0.333. The molecule has 0 aliphatic heterocycles. The van der Waals surface area contributed by atoms with E-state index >= 15 is 0 Å². The highest BCUT2D eigenvalue weighted by Gasteiger charge is 2.12. The van der Waals surface area contributed by atoms with Crippen molar-refractivity contribution in [1.82, 2.24) is 9.97 Å². The molecule has 2 aromatic rings. The fourth-order valence-electron chi connectivity index (χ4n) is 1.60. The van der Waals surface area contributed by atoms with Crippen molar-refractivity contribution < 1.29 is 0 Å². The Morgan fingerprint density at radius 1 is 1.50 bits per heavy atom. The molecular formula is C12H14ClN3S2. The van der Waals surface area contributed by atoms with Gasteiger partial charge < -0.3 is 5.32 Å². The third-order valence-electron chi connectivity index (χ3n) is 2.47. The molecule has 6 heteroatoms. The number of rotatable bonds is 5. The molecule has 1 N–H and O–H groups in total. The van der Waals surface area contributed by atoms with Crippen molar-refractivity contribution in [2.75, 3.05) is 11.6 Å². The van der Waals surface area contributed by atoms with Crippen LogP contribution in [0.3, 0.4) is 0 Å². The zero-order valence-electron chi connectivity index (χ0n) is 10.2. The minimum atomic E-state index is 0.269. The summed E-state index contributed by atoms with van der Waals surface area (Å²) < 4.78 is 0. The van der Waals surface area contributed by atoms with Gasteiger partial charge in [0.1, 0.15) is 11.0 Å². The van der Waals surface area contributed by atoms with Crippen molar-refractivity contribution in [3.8, 4) is 0 Å². The average molecular weight is 300 g/mol. The maximum absolute atomic E-state index is 5.98. The topological polar surface area (TPSA) is 37.8 Å². The Bertz CT molecular complexity index is 502. The van der Waals surface area contributed by atoms with Crippen molar-refractivity contribution >= 4 is 40.5 Å². The third-order valence-corrected chi connectivity index (χ3v) is 4.20. The van der Waals surface area contributed by atoms with E-state index in [0.29, 0.717) is 10.3 Å². The van der Waals surface area contributed by atoms with Crippen LogP contribution < -0.4 is 5.32 Å². The molecule has 3 nitrogen and oxygen atoms in total. The van der Waals surface area contributed by atoms with E-state index in [1.807, 2.05) is 6.26 Å². The standard InChI is InChI=1S/C12H14ClN3S2/c1-3-8(9-5-4-6-18-9)14-11-7-10(13)15-12(16-11)17-2/h4-8H,3H2,1-2H3,(H,14,15,16). The second-order valence-electron chi connectivity index (χ2n) is 3.68. The van der Waals surface area contributed by atoms with E-state index in [-0.39, 0.29) is 6.04 Å². The van der Waals surface area contributed by atoms with Crippen LogP contribution in [0.15, 0.2) is 28.7 Å². The van der Waals surface area contributed by atoms with Crippen LogP contribution in [0, 0.1) is 0 Å². The van der Waals surface area contributed by atoms with Gasteiger partial charge in [0.25, 0.3) is 0 Å². The lowest BCUT2D eigenvalue weighted by atomic mass is 10.2. The Morgan fingerprint density at radius 2 is 2.33 bits per heavy atom. The Hall–Kier alpha value is -0.780. The first-order valence-corrected chi connectivity index (χ1v) is 8.09. The molecule has 2 rings (SSSR count). The van der Waals surface area contributed by atoms with Crippen LogP contribution in [0.1, 0.15) is 24.3 Å². The first-order chi connectivity index (χ1) is 8.72. The van der Waals surface area contributed by atoms with Gasteiger partial charge in [0.15, 0.2) is 5.16 Å². The third kappa shape index (κ3) is 3.37. The largest absolute Gasteiger partial charge is 0.362 e. The number of thiophene rings is 1. The summed E-state index contributed by atoms with van der Waals surface area (Å²) in [4.78, 5) is 9.84. The SMILES string of the molecule is CCC(Nc1cc(Cl)nc(SC)n1)c1cccs1. The summed E-state index contributed by atoms with van der Waals surface area (Å²) in [6, 6.07) is 6.22. The number of halogens is 1. The first-order valence-electron chi connectivity index (χ1n) is 5.61. The summed E-state index contributed by atoms with van der Waals surface area (Å²) in [6.07, 6.45) is 2.93. The maximum Gasteiger partial charge on any atom is 0.190 e. The number of nitrogens with zero attached hydrogens (tertiary/aromatic N) is 2. The molecule has 0 bridgehead atoms. The molecule has 18 heavy (non-hydrogen) atoms. The summed E-state index contributed by atoms with van der Waals surface area (Å²) >= 11 is 9.21. The Balaban J connectivity index is 2.19. The molecule has 0 aromatic carbocycles. The normalized spacial score (nSPS) is 12.4. The van der Waals surface area contributed by atoms with Gasteiger partial charge in [0, 0.05) is 10.9 Å². The molecule has 2 aromatic heterocycles. The highest BCUT2D eigenvalue weighted by atomic mass is 35.5. The number of aromatic nitrogens is 2. The lowest BCUT2D eigenvalue weighted by Gasteiger charge is -2.16. The van der Waals surface area contributed by atoms with Gasteiger partial charge in [-0.1, -0.05) is 36.4 Å². The fourth-order valence-corrected chi connectivity index (χ4v) is 3.08. The van der Waals surface area contributed by atoms with E-state index in [9.17, 15) is 0 Å². The number of hydrogen-bond donors (Lipinski definition) is 1. The predicted molar refractivity (Wildman–Crippen MR) is 79.8 cm³/mol. The molecule has 2 heterocycles. The molecule has 0 saturated carbocycles. The van der Waals surface area contributed by atoms with Gasteiger partial charge >= 0.3 is 0 Å². The maximum atomic E-state index is 5.98. The number of hydrogen-bond acceptors (Lipinski definition) is 5. The predicted octanol–water partition coefficient (Wildman–Crippen LogP) is 4.48. The van der Waals surface area contributed by atoms with Gasteiger partial charge in [0.2, 0.25) is 0 Å². The van der Waals surface area contributed by atoms with E-state index in [1.165, 1.54) is 16.6 Å². The van der Waals surface area contributed by atoms with Crippen molar-refractivity contribution in [1.29, 1.82) is 0 Å². The van der Waals surface area contributed by atoms with Gasteiger partial charge in [0.05, 0.1) is 6.04 Å². The average Bonchev–Trinajstić information content (AvgIpc) is 2.89. The number of nitrogens with one attached hydrogen (secondary N) is 1. The second-order valence-corrected chi connectivity index (χ2v) is 5.82. The molecular weight excluding hydrogens is 286 g/mol. The summed E-state index contributed by atoms with van der Waals surface area (Å²) in [5, 5.41) is 6.65. The number of thioether (sulfide) groups is 1. The van der Waals surface area contributed by atoms with E-state index in [1.54, 1.807) is 17.4 Å². The van der Waals surface area contributed by atoms with Crippen molar-refractivity contribution in [2.24, 2.45) is 0 Å². The second kappa shape index (κ2) is 6.41. The molecule has 0 saturated heterocycles. The molecule has 0 radical (unpaired) electrons. The van der Waals surface area contributed by atoms with Crippen LogP contribution in [-0.2, 0) is 0 Å². The van der Waals surface area contributed by atoms with Gasteiger partial charge in [-0.2, -0.15) is 0 Å². The van der Waals surface area contributed by atoms with Crippen molar-refractivity contribution in [3.05, 3.63) is 33.6 Å². The Morgan fingerprint density at radius 3 is 2.94 bits per heavy atom. The van der Waals surface area contributed by atoms with E-state index in [4.69, 9.17) is 11.6 Å². The summed E-state index contributed by atoms with van der Waals surface area (Å²) in [5.41, 5.74) is 0. The minimum Gasteiger partial charge on any atom is -0.362 e. The molecule has 96 valence electrons. The minimum absolute atomic E-state index is 0.269.